The molecule has 4 aliphatic carbocycles. The second-order valence-corrected chi connectivity index (χ2v) is 10.9. The van der Waals surface area contributed by atoms with Crippen LogP contribution in [0.3, 0.4) is 0 Å². The van der Waals surface area contributed by atoms with Crippen molar-refractivity contribution in [3.05, 3.63) is 11.6 Å². The molecule has 28 heavy (non-hydrogen) atoms. The van der Waals surface area contributed by atoms with Crippen LogP contribution < -0.4 is 0 Å². The van der Waals surface area contributed by atoms with Gasteiger partial charge in [0.25, 0.3) is 0 Å². The molecule has 156 valence electrons. The second-order valence-electron chi connectivity index (χ2n) is 9.80. The van der Waals surface area contributed by atoms with Gasteiger partial charge in [0.05, 0.1) is 0 Å². The van der Waals surface area contributed by atoms with E-state index in [1.54, 1.807) is 0 Å². The second kappa shape index (κ2) is 6.74. The molecule has 0 amide bonds. The molecule has 0 aromatic heterocycles. The summed E-state index contributed by atoms with van der Waals surface area (Å²) >= 11 is 0. The summed E-state index contributed by atoms with van der Waals surface area (Å²) in [5.41, 5.74) is 1.30. The first-order valence-electron chi connectivity index (χ1n) is 10.4. The predicted octanol–water partition coefficient (Wildman–Crippen LogP) is 3.52. The highest BCUT2D eigenvalue weighted by molar-refractivity contribution is 7.80. The van der Waals surface area contributed by atoms with E-state index in [4.69, 9.17) is 4.55 Å². The monoisotopic (exact) mass is 410 g/mol. The Morgan fingerprint density at radius 3 is 2.61 bits per heavy atom. The molecule has 6 unspecified atom stereocenters. The van der Waals surface area contributed by atoms with Crippen molar-refractivity contribution >= 4 is 22.0 Å². The average Bonchev–Trinajstić information content (AvgIpc) is 2.97. The molecule has 3 fully saturated rings. The van der Waals surface area contributed by atoms with Crippen LogP contribution in [0.1, 0.15) is 65.2 Å². The first-order valence-corrected chi connectivity index (χ1v) is 11.8. The van der Waals surface area contributed by atoms with E-state index in [2.05, 4.69) is 18.0 Å². The van der Waals surface area contributed by atoms with E-state index in [0.717, 1.165) is 44.9 Å². The van der Waals surface area contributed by atoms with Gasteiger partial charge in [-0.25, -0.2) is 4.18 Å². The van der Waals surface area contributed by atoms with Gasteiger partial charge in [-0.2, -0.15) is 8.42 Å². The smallest absolute Gasteiger partial charge is 0.297 e. The third kappa shape index (κ3) is 3.19. The first-order chi connectivity index (χ1) is 13.0. The number of rotatable bonds is 4. The molecule has 3 saturated carbocycles. The normalized spacial score (nSPS) is 43.0. The number of allylic oxidation sites excluding steroid dienone is 1. The Bertz CT molecular complexity index is 830. The highest BCUT2D eigenvalue weighted by Gasteiger charge is 2.60. The van der Waals surface area contributed by atoms with Gasteiger partial charge in [-0.3, -0.25) is 14.1 Å². The van der Waals surface area contributed by atoms with Gasteiger partial charge in [0.15, 0.2) is 11.6 Å². The number of ketones is 2. The van der Waals surface area contributed by atoms with E-state index in [9.17, 15) is 18.0 Å². The highest BCUT2D eigenvalue weighted by atomic mass is 32.3. The quantitative estimate of drug-likeness (QED) is 0.712. The molecule has 0 aliphatic heterocycles. The van der Waals surface area contributed by atoms with Crippen LogP contribution in [-0.2, 0) is 24.2 Å². The lowest BCUT2D eigenvalue weighted by Crippen LogP contribution is -2.51. The molecule has 0 aromatic carbocycles. The molecule has 0 spiro atoms. The van der Waals surface area contributed by atoms with Crippen LogP contribution in [0.25, 0.3) is 0 Å². The summed E-state index contributed by atoms with van der Waals surface area (Å²) in [7, 11) is -4.60. The van der Waals surface area contributed by atoms with E-state index >= 15 is 0 Å². The summed E-state index contributed by atoms with van der Waals surface area (Å²) in [6.45, 7) is 3.95. The number of hydrogen-bond acceptors (Lipinski definition) is 5. The van der Waals surface area contributed by atoms with Crippen LogP contribution in [0.15, 0.2) is 11.6 Å². The summed E-state index contributed by atoms with van der Waals surface area (Å²) in [5.74, 6) is 1.39. The topological polar surface area (TPSA) is 97.7 Å². The maximum Gasteiger partial charge on any atom is 0.397 e. The Balaban J connectivity index is 1.55. The van der Waals surface area contributed by atoms with Crippen molar-refractivity contribution in [1.82, 2.24) is 0 Å². The van der Waals surface area contributed by atoms with Crippen LogP contribution in [-0.4, -0.2) is 31.1 Å². The van der Waals surface area contributed by atoms with Gasteiger partial charge in [0, 0.05) is 12.3 Å². The van der Waals surface area contributed by atoms with E-state index in [1.807, 2.05) is 6.08 Å². The molecule has 4 aliphatic rings. The molecule has 0 saturated heterocycles. The van der Waals surface area contributed by atoms with Crippen LogP contribution in [0.5, 0.6) is 0 Å². The van der Waals surface area contributed by atoms with Crippen LogP contribution >= 0.6 is 0 Å². The summed E-state index contributed by atoms with van der Waals surface area (Å²) < 4.78 is 34.8. The van der Waals surface area contributed by atoms with Crippen molar-refractivity contribution in [1.29, 1.82) is 0 Å². The molecule has 6 atom stereocenters. The largest absolute Gasteiger partial charge is 0.397 e. The third-order valence-corrected chi connectivity index (χ3v) is 9.12. The number of carbonyl (C=O) groups excluding carboxylic acids is 2. The molecule has 0 radical (unpaired) electrons. The molecule has 4 rings (SSSR count). The van der Waals surface area contributed by atoms with E-state index < -0.39 is 17.0 Å². The average molecular weight is 411 g/mol. The summed E-state index contributed by atoms with van der Waals surface area (Å²) in [4.78, 5) is 24.6. The fourth-order valence-electron chi connectivity index (χ4n) is 7.32. The predicted molar refractivity (Wildman–Crippen MR) is 103 cm³/mol. The van der Waals surface area contributed by atoms with Crippen LogP contribution in [0.2, 0.25) is 0 Å². The van der Waals surface area contributed by atoms with Gasteiger partial charge in [0.2, 0.25) is 0 Å². The van der Waals surface area contributed by atoms with Crippen molar-refractivity contribution in [3.63, 3.8) is 0 Å². The standard InChI is InChI=1S/C21H30O6S/c1-20-9-7-14(22)11-13(20)3-4-15-16-5-6-18(19(23)12-27-28(24,25)26)21(16,2)10-8-17(15)20/h11,15-18H,3-10,12H2,1-2H3,(H,24,25,26). The maximum atomic E-state index is 12.7. The Morgan fingerprint density at radius 1 is 1.14 bits per heavy atom. The Hall–Kier alpha value is -1.05. The molecule has 0 bridgehead atoms. The molecule has 0 aromatic rings. The molecular weight excluding hydrogens is 380 g/mol. The van der Waals surface area contributed by atoms with Crippen molar-refractivity contribution in [2.75, 3.05) is 6.61 Å². The summed E-state index contributed by atoms with van der Waals surface area (Å²) in [6.07, 6.45) is 9.25. The molecule has 7 heteroatoms. The SMILES string of the molecule is CC12CCC(=O)C=C1CCC1C2CCC2(C)C(C(=O)COS(=O)(=O)O)CCC12. The van der Waals surface area contributed by atoms with Gasteiger partial charge in [0.1, 0.15) is 6.61 Å². The Morgan fingerprint density at radius 2 is 1.89 bits per heavy atom. The van der Waals surface area contributed by atoms with Crippen LogP contribution in [0.4, 0.5) is 0 Å². The van der Waals surface area contributed by atoms with Crippen LogP contribution in [0, 0.1) is 34.5 Å². The minimum absolute atomic E-state index is 0.105. The zero-order valence-corrected chi connectivity index (χ0v) is 17.5. The molecule has 0 heterocycles. The Labute approximate surface area is 167 Å². The van der Waals surface area contributed by atoms with E-state index in [-0.39, 0.29) is 28.3 Å². The molecule has 1 N–H and O–H groups in total. The van der Waals surface area contributed by atoms with Gasteiger partial charge in [-0.05, 0) is 79.6 Å². The number of carbonyl (C=O) groups is 2. The lowest BCUT2D eigenvalue weighted by Gasteiger charge is -2.58. The van der Waals surface area contributed by atoms with Gasteiger partial charge in [-0.15, -0.1) is 0 Å². The van der Waals surface area contributed by atoms with E-state index in [0.29, 0.717) is 24.2 Å². The van der Waals surface area contributed by atoms with Gasteiger partial charge in [-0.1, -0.05) is 19.4 Å². The molecule has 6 nitrogen and oxygen atoms in total. The minimum atomic E-state index is -4.60. The van der Waals surface area contributed by atoms with Crippen molar-refractivity contribution in [3.8, 4) is 0 Å². The Kier molecular flexibility index (Phi) is 4.87. The number of fused-ring (bicyclic) bond motifs is 5. The van der Waals surface area contributed by atoms with E-state index in [1.165, 1.54) is 5.57 Å². The number of Topliss-reactive ketones (excluding diaryl/α,β-unsaturated/α-hetero) is 1. The van der Waals surface area contributed by atoms with Gasteiger partial charge >= 0.3 is 10.4 Å². The summed E-state index contributed by atoms with van der Waals surface area (Å²) in [5, 5.41) is 0. The zero-order valence-electron chi connectivity index (χ0n) is 16.6. The molecular formula is C21H30O6S. The van der Waals surface area contributed by atoms with Gasteiger partial charge < -0.3 is 0 Å². The van der Waals surface area contributed by atoms with Crippen molar-refractivity contribution in [2.45, 2.75) is 65.2 Å². The van der Waals surface area contributed by atoms with Crippen molar-refractivity contribution < 1.29 is 26.7 Å². The lowest BCUT2D eigenvalue weighted by atomic mass is 9.46. The first kappa shape index (κ1) is 20.2. The van der Waals surface area contributed by atoms with Crippen molar-refractivity contribution in [2.24, 2.45) is 34.5 Å². The maximum absolute atomic E-state index is 12.7. The minimum Gasteiger partial charge on any atom is -0.297 e. The summed E-state index contributed by atoms with van der Waals surface area (Å²) in [6, 6.07) is 0. The lowest BCUT2D eigenvalue weighted by molar-refractivity contribution is -0.132. The highest BCUT2D eigenvalue weighted by Crippen LogP contribution is 2.66. The number of hydrogen-bond donors (Lipinski definition) is 1. The fourth-order valence-corrected chi connectivity index (χ4v) is 7.59. The fraction of sp³-hybridized carbons (Fsp3) is 0.810. The third-order valence-electron chi connectivity index (χ3n) is 8.70. The zero-order chi connectivity index (χ0) is 20.3.